The van der Waals surface area contributed by atoms with Crippen LogP contribution >= 0.6 is 0 Å². The van der Waals surface area contributed by atoms with Crippen LogP contribution in [0, 0.1) is 0 Å². The number of hydrogen-bond acceptors (Lipinski definition) is 3. The zero-order valence-corrected chi connectivity index (χ0v) is 11.3. The normalized spacial score (nSPS) is 7.81. The molecule has 1 aromatic rings. The minimum atomic E-state index is -0.154. The van der Waals surface area contributed by atoms with E-state index in [1.54, 1.807) is 0 Å². The number of carbonyl (C=O) groups excluding carboxylic acids is 2. The van der Waals surface area contributed by atoms with Gasteiger partial charge in [0.1, 0.15) is 0 Å². The molecule has 1 aromatic carbocycles. The van der Waals surface area contributed by atoms with Gasteiger partial charge in [-0.2, -0.15) is 6.41 Å². The number of esters is 1. The zero-order chi connectivity index (χ0) is 11.5. The molecule has 0 saturated heterocycles. The first-order valence-corrected chi connectivity index (χ1v) is 4.43. The second-order valence-electron chi connectivity index (χ2n) is 2.68. The predicted molar refractivity (Wildman–Crippen MR) is 56.7 cm³/mol. The Bertz CT molecular complexity index is 291. The van der Waals surface area contributed by atoms with Gasteiger partial charge in [-0.3, -0.25) is 4.79 Å². The summed E-state index contributed by atoms with van der Waals surface area (Å²) >= 11 is 0. The molecule has 0 aromatic heterocycles. The minimum Gasteiger partial charge on any atom is -0.543 e. The fourth-order valence-corrected chi connectivity index (χ4v) is 0.993. The van der Waals surface area contributed by atoms with Gasteiger partial charge in [0.2, 0.25) is 0 Å². The van der Waals surface area contributed by atoms with Gasteiger partial charge in [0.25, 0.3) is 0 Å². The van der Waals surface area contributed by atoms with Gasteiger partial charge >= 0.3 is 5.97 Å². The van der Waals surface area contributed by atoms with Gasteiger partial charge in [0.15, 0.2) is 0 Å². The third-order valence-electron chi connectivity index (χ3n) is 1.69. The zero-order valence-electron chi connectivity index (χ0n) is 8.94. The monoisotopic (exact) mass is 401 g/mol. The van der Waals surface area contributed by atoms with Crippen LogP contribution < -0.4 is 5.73 Å². The van der Waals surface area contributed by atoms with Crippen molar-refractivity contribution in [3.63, 3.8) is 0 Å². The van der Waals surface area contributed by atoms with Crippen LogP contribution in [0.5, 0.6) is 0 Å². The Morgan fingerprint density at radius 1 is 1.38 bits per heavy atom. The number of rotatable bonds is 3. The third-order valence-corrected chi connectivity index (χ3v) is 1.69. The fraction of sp³-hybridized carbons (Fsp3) is 0.273. The molecule has 4 nitrogen and oxygen atoms in total. The molecule has 0 aliphatic carbocycles. The molecule has 1 radical (unpaired) electrons. The number of hydrogen-bond donors (Lipinski definition) is 1. The van der Waals surface area contributed by atoms with E-state index in [1.165, 1.54) is 12.7 Å². The predicted octanol–water partition coefficient (Wildman–Crippen LogP) is 0.802. The Balaban J connectivity index is 0. The van der Waals surface area contributed by atoms with Gasteiger partial charge in [-0.25, -0.2) is 0 Å². The molecule has 0 saturated carbocycles. The Hall–Kier alpha value is -1.19. The summed E-state index contributed by atoms with van der Waals surface area (Å²) in [5, 5.41) is 0. The summed E-state index contributed by atoms with van der Waals surface area (Å²) in [5.74, 6) is -0.154. The first kappa shape index (κ1) is 17.2. The quantitative estimate of drug-likeness (QED) is 0.464. The maximum Gasteiger partial charge on any atom is 0.305 e. The summed E-state index contributed by atoms with van der Waals surface area (Å²) in [4.78, 5) is 19.2. The number of primary amides is 1. The molecule has 0 spiro atoms. The summed E-state index contributed by atoms with van der Waals surface area (Å²) in [7, 11) is 1.41. The number of methoxy groups -OCH3 is 1. The van der Waals surface area contributed by atoms with E-state index in [1.807, 2.05) is 30.3 Å². The van der Waals surface area contributed by atoms with Crippen molar-refractivity contribution in [3.05, 3.63) is 35.9 Å². The minimum absolute atomic E-state index is 0. The van der Waals surface area contributed by atoms with Crippen LogP contribution in [0.3, 0.4) is 0 Å². The van der Waals surface area contributed by atoms with E-state index >= 15 is 0 Å². The molecule has 0 bridgehead atoms. The average Bonchev–Trinajstić information content (AvgIpc) is 2.28. The van der Waals surface area contributed by atoms with Crippen molar-refractivity contribution in [2.75, 3.05) is 7.11 Å². The number of aryl methyl sites for hydroxylation is 1. The summed E-state index contributed by atoms with van der Waals surface area (Å²) in [6.45, 7) is 0. The van der Waals surface area contributed by atoms with Gasteiger partial charge in [-0.1, -0.05) is 30.3 Å². The Morgan fingerprint density at radius 2 is 1.88 bits per heavy atom. The molecule has 0 heterocycles. The summed E-state index contributed by atoms with van der Waals surface area (Å²) in [5.41, 5.74) is 5.21. The van der Waals surface area contributed by atoms with E-state index in [4.69, 9.17) is 4.79 Å². The van der Waals surface area contributed by atoms with Crippen LogP contribution in [0.15, 0.2) is 30.3 Å². The Kier molecular flexibility index (Phi) is 12.8. The summed E-state index contributed by atoms with van der Waals surface area (Å²) < 4.78 is 4.53. The van der Waals surface area contributed by atoms with Crippen LogP contribution in [0.4, 0.5) is 0 Å². The van der Waals surface area contributed by atoms with Crippen LogP contribution in [0.2, 0.25) is 0 Å². The molecule has 1 amide bonds. The molecule has 0 aliphatic rings. The van der Waals surface area contributed by atoms with Crippen LogP contribution in [0.1, 0.15) is 12.0 Å². The van der Waals surface area contributed by atoms with Gasteiger partial charge in [0.05, 0.1) is 7.11 Å². The van der Waals surface area contributed by atoms with Crippen molar-refractivity contribution in [3.8, 4) is 0 Å². The van der Waals surface area contributed by atoms with Gasteiger partial charge in [-0.05, 0) is 12.0 Å². The van der Waals surface area contributed by atoms with Crippen LogP contribution in [-0.2, 0) is 40.9 Å². The maximum absolute atomic E-state index is 10.8. The number of carbonyl (C=O) groups is 1. The second-order valence-corrected chi connectivity index (χ2v) is 2.68. The SMILES string of the molecule is COC(=O)CCc1ccccc1.N[C-]=O.[Ir]. The number of amides is 1. The third kappa shape index (κ3) is 9.37. The van der Waals surface area contributed by atoms with E-state index in [-0.39, 0.29) is 26.1 Å². The average molecular weight is 400 g/mol. The molecule has 16 heavy (non-hydrogen) atoms. The largest absolute Gasteiger partial charge is 0.543 e. The Morgan fingerprint density at radius 3 is 2.31 bits per heavy atom. The maximum atomic E-state index is 10.8. The van der Waals surface area contributed by atoms with Crippen LogP contribution in [-0.4, -0.2) is 19.5 Å². The molecule has 0 fully saturated rings. The molecule has 2 N–H and O–H groups in total. The van der Waals surface area contributed by atoms with Crippen molar-refractivity contribution in [1.82, 2.24) is 0 Å². The molecule has 0 unspecified atom stereocenters. The van der Waals surface area contributed by atoms with Crippen molar-refractivity contribution in [2.24, 2.45) is 5.73 Å². The second kappa shape index (κ2) is 11.9. The standard InChI is InChI=1S/C10H12O2.CH2NO.Ir/c1-12-10(11)8-7-9-5-3-2-4-6-9;2-1-3;/h2-6H,7-8H2,1H3;(H2,2,3);/q;-1;. The number of benzene rings is 1. The van der Waals surface area contributed by atoms with Crippen molar-refractivity contribution < 1.29 is 34.4 Å². The molecule has 0 atom stereocenters. The van der Waals surface area contributed by atoms with Crippen LogP contribution in [0.25, 0.3) is 0 Å². The van der Waals surface area contributed by atoms with E-state index in [9.17, 15) is 4.79 Å². The van der Waals surface area contributed by atoms with E-state index in [2.05, 4.69) is 10.5 Å². The molecular formula is C11H14IrNO3-. The number of nitrogens with two attached hydrogens (primary N) is 1. The van der Waals surface area contributed by atoms with E-state index in [0.29, 0.717) is 6.42 Å². The first-order chi connectivity index (χ1) is 7.24. The van der Waals surface area contributed by atoms with Crippen molar-refractivity contribution in [1.29, 1.82) is 0 Å². The van der Waals surface area contributed by atoms with Crippen molar-refractivity contribution in [2.45, 2.75) is 12.8 Å². The van der Waals surface area contributed by atoms with E-state index in [0.717, 1.165) is 12.8 Å². The van der Waals surface area contributed by atoms with Gasteiger partial charge in [0, 0.05) is 26.5 Å². The molecule has 91 valence electrons. The number of ether oxygens (including phenoxy) is 1. The fourth-order valence-electron chi connectivity index (χ4n) is 0.993. The Labute approximate surface area is 109 Å². The first-order valence-electron chi connectivity index (χ1n) is 4.43. The molecule has 1 rings (SSSR count). The van der Waals surface area contributed by atoms with Crippen molar-refractivity contribution >= 4 is 12.4 Å². The summed E-state index contributed by atoms with van der Waals surface area (Å²) in [6.07, 6.45) is 2.22. The molecular weight excluding hydrogens is 386 g/mol. The van der Waals surface area contributed by atoms with Gasteiger partial charge in [-0.15, -0.1) is 0 Å². The summed E-state index contributed by atoms with van der Waals surface area (Å²) in [6, 6.07) is 9.90. The molecule has 0 aliphatic heterocycles. The van der Waals surface area contributed by atoms with Gasteiger partial charge < -0.3 is 15.3 Å². The van der Waals surface area contributed by atoms with E-state index < -0.39 is 0 Å². The smallest absolute Gasteiger partial charge is 0.305 e. The molecule has 5 heteroatoms. The topological polar surface area (TPSA) is 69.4 Å².